The second-order valence-electron chi connectivity index (χ2n) is 7.23. The van der Waals surface area contributed by atoms with Gasteiger partial charge in [0.2, 0.25) is 15.9 Å². The van der Waals surface area contributed by atoms with Crippen LogP contribution in [-0.4, -0.2) is 31.7 Å². The lowest BCUT2D eigenvalue weighted by Crippen LogP contribution is -2.35. The minimum absolute atomic E-state index is 0.0697. The van der Waals surface area contributed by atoms with Crippen molar-refractivity contribution in [1.82, 2.24) is 4.31 Å². The lowest BCUT2D eigenvalue weighted by molar-refractivity contribution is -0.117. The van der Waals surface area contributed by atoms with Gasteiger partial charge in [0, 0.05) is 18.8 Å². The van der Waals surface area contributed by atoms with Crippen LogP contribution < -0.4 is 5.32 Å². The van der Waals surface area contributed by atoms with Crippen LogP contribution in [0.1, 0.15) is 50.5 Å². The third-order valence-corrected chi connectivity index (χ3v) is 7.08. The number of rotatable bonds is 7. The van der Waals surface area contributed by atoms with Crippen LogP contribution in [0.4, 0.5) is 5.69 Å². The maximum absolute atomic E-state index is 12.8. The number of nitrogens with zero attached hydrogens (tertiary/aromatic N) is 1. The molecule has 1 heterocycles. The average Bonchev–Trinajstić information content (AvgIpc) is 2.73. The molecule has 1 atom stereocenters. The Labute approximate surface area is 167 Å². The van der Waals surface area contributed by atoms with Gasteiger partial charge in [-0.1, -0.05) is 50.1 Å². The van der Waals surface area contributed by atoms with E-state index in [1.807, 2.05) is 30.3 Å². The van der Waals surface area contributed by atoms with Crippen LogP contribution in [0.25, 0.3) is 0 Å². The van der Waals surface area contributed by atoms with Crippen LogP contribution in [0.3, 0.4) is 0 Å². The SMILES string of the molecule is CCC[C@@H](C(=O)Nc1ccc(S(=O)(=O)N2CCCCC2)cc1)c1ccccc1. The number of sulfonamides is 1. The molecule has 1 N–H and O–H groups in total. The zero-order valence-corrected chi connectivity index (χ0v) is 17.1. The molecule has 150 valence electrons. The summed E-state index contributed by atoms with van der Waals surface area (Å²) in [6, 6.07) is 16.2. The molecule has 1 amide bonds. The summed E-state index contributed by atoms with van der Waals surface area (Å²) in [5.41, 5.74) is 1.60. The summed E-state index contributed by atoms with van der Waals surface area (Å²) in [6.45, 7) is 3.22. The standard InChI is InChI=1S/C22H28N2O3S/c1-2-9-21(18-10-5-3-6-11-18)22(25)23-19-12-14-20(15-13-19)28(26,27)24-16-7-4-8-17-24/h3,5-6,10-15,21H,2,4,7-9,16-17H2,1H3,(H,23,25)/t21-/m1/s1. The highest BCUT2D eigenvalue weighted by Gasteiger charge is 2.26. The fraction of sp³-hybridized carbons (Fsp3) is 0.409. The molecule has 0 saturated carbocycles. The van der Waals surface area contributed by atoms with Gasteiger partial charge in [0.25, 0.3) is 0 Å². The van der Waals surface area contributed by atoms with E-state index in [9.17, 15) is 13.2 Å². The molecule has 5 nitrogen and oxygen atoms in total. The Bertz CT molecular complexity index is 874. The van der Waals surface area contributed by atoms with Crippen LogP contribution >= 0.6 is 0 Å². The van der Waals surface area contributed by atoms with Crippen LogP contribution in [-0.2, 0) is 14.8 Å². The van der Waals surface area contributed by atoms with E-state index in [0.717, 1.165) is 37.7 Å². The quantitative estimate of drug-likeness (QED) is 0.750. The molecule has 2 aromatic rings. The Morgan fingerprint density at radius 2 is 1.64 bits per heavy atom. The number of hydrogen-bond donors (Lipinski definition) is 1. The molecule has 1 aliphatic heterocycles. The van der Waals surface area contributed by atoms with Crippen LogP contribution in [0.15, 0.2) is 59.5 Å². The highest BCUT2D eigenvalue weighted by atomic mass is 32.2. The first kappa shape index (κ1) is 20.6. The van der Waals surface area contributed by atoms with E-state index in [-0.39, 0.29) is 16.7 Å². The van der Waals surface area contributed by atoms with Crippen molar-refractivity contribution in [2.24, 2.45) is 0 Å². The fourth-order valence-corrected chi connectivity index (χ4v) is 5.13. The summed E-state index contributed by atoms with van der Waals surface area (Å²) in [7, 11) is -3.45. The Balaban J connectivity index is 1.71. The molecule has 0 aromatic heterocycles. The van der Waals surface area contributed by atoms with Gasteiger partial charge in [-0.25, -0.2) is 8.42 Å². The second kappa shape index (κ2) is 9.34. The van der Waals surface area contributed by atoms with E-state index in [1.54, 1.807) is 28.6 Å². The maximum Gasteiger partial charge on any atom is 0.243 e. The van der Waals surface area contributed by atoms with Crippen LogP contribution in [0.2, 0.25) is 0 Å². The molecular weight excluding hydrogens is 372 g/mol. The number of carbonyl (C=O) groups is 1. The first-order valence-corrected chi connectivity index (χ1v) is 11.4. The summed E-state index contributed by atoms with van der Waals surface area (Å²) >= 11 is 0. The van der Waals surface area contributed by atoms with E-state index in [4.69, 9.17) is 0 Å². The summed E-state index contributed by atoms with van der Waals surface area (Å²) < 4.78 is 27.0. The zero-order valence-electron chi connectivity index (χ0n) is 16.3. The van der Waals surface area contributed by atoms with Gasteiger partial charge in [-0.2, -0.15) is 4.31 Å². The Morgan fingerprint density at radius 3 is 2.25 bits per heavy atom. The highest BCUT2D eigenvalue weighted by Crippen LogP contribution is 2.25. The molecule has 28 heavy (non-hydrogen) atoms. The molecule has 2 aromatic carbocycles. The van der Waals surface area contributed by atoms with Gasteiger partial charge in [0.05, 0.1) is 10.8 Å². The molecule has 0 radical (unpaired) electrons. The van der Waals surface area contributed by atoms with Crippen molar-refractivity contribution in [2.75, 3.05) is 18.4 Å². The van der Waals surface area contributed by atoms with Crippen molar-refractivity contribution in [1.29, 1.82) is 0 Å². The summed E-state index contributed by atoms with van der Waals surface area (Å²) in [5.74, 6) is -0.289. The van der Waals surface area contributed by atoms with Crippen LogP contribution in [0.5, 0.6) is 0 Å². The Kier molecular flexibility index (Phi) is 6.86. The van der Waals surface area contributed by atoms with Gasteiger partial charge >= 0.3 is 0 Å². The normalized spacial score (nSPS) is 16.5. The van der Waals surface area contributed by atoms with E-state index >= 15 is 0 Å². The van der Waals surface area contributed by atoms with E-state index in [2.05, 4.69) is 12.2 Å². The third kappa shape index (κ3) is 4.80. The third-order valence-electron chi connectivity index (χ3n) is 5.17. The molecule has 0 aliphatic carbocycles. The first-order valence-electron chi connectivity index (χ1n) is 9.98. The maximum atomic E-state index is 12.8. The Morgan fingerprint density at radius 1 is 1.00 bits per heavy atom. The molecule has 0 spiro atoms. The number of hydrogen-bond acceptors (Lipinski definition) is 3. The van der Waals surface area contributed by atoms with Gasteiger partial charge in [-0.05, 0) is 49.1 Å². The minimum atomic E-state index is -3.45. The van der Waals surface area contributed by atoms with Gasteiger partial charge in [-0.15, -0.1) is 0 Å². The molecule has 1 aliphatic rings. The minimum Gasteiger partial charge on any atom is -0.326 e. The van der Waals surface area contributed by atoms with E-state index in [0.29, 0.717) is 18.8 Å². The number of benzene rings is 2. The lowest BCUT2D eigenvalue weighted by Gasteiger charge is -2.26. The zero-order chi connectivity index (χ0) is 20.0. The average molecular weight is 401 g/mol. The predicted octanol–water partition coefficient (Wildman–Crippen LogP) is 4.38. The van der Waals surface area contributed by atoms with Crippen molar-refractivity contribution < 1.29 is 13.2 Å². The number of carbonyl (C=O) groups excluding carboxylic acids is 1. The van der Waals surface area contributed by atoms with Gasteiger partial charge in [0.15, 0.2) is 0 Å². The molecule has 1 saturated heterocycles. The van der Waals surface area contributed by atoms with Crippen molar-refractivity contribution >= 4 is 21.6 Å². The molecule has 0 bridgehead atoms. The van der Waals surface area contributed by atoms with Gasteiger partial charge in [0.1, 0.15) is 0 Å². The number of piperidine rings is 1. The monoisotopic (exact) mass is 400 g/mol. The molecule has 0 unspecified atom stereocenters. The van der Waals surface area contributed by atoms with E-state index in [1.165, 1.54) is 0 Å². The number of anilines is 1. The second-order valence-corrected chi connectivity index (χ2v) is 9.17. The van der Waals surface area contributed by atoms with Crippen molar-refractivity contribution in [3.63, 3.8) is 0 Å². The van der Waals surface area contributed by atoms with Gasteiger partial charge in [-0.3, -0.25) is 4.79 Å². The Hall–Kier alpha value is -2.18. The first-order chi connectivity index (χ1) is 13.5. The molecular formula is C22H28N2O3S. The van der Waals surface area contributed by atoms with Crippen molar-refractivity contribution in [3.8, 4) is 0 Å². The van der Waals surface area contributed by atoms with Crippen molar-refractivity contribution in [3.05, 3.63) is 60.2 Å². The predicted molar refractivity (Wildman–Crippen MR) is 112 cm³/mol. The van der Waals surface area contributed by atoms with Crippen molar-refractivity contribution in [2.45, 2.75) is 49.8 Å². The summed E-state index contributed by atoms with van der Waals surface area (Å²) in [4.78, 5) is 13.1. The largest absolute Gasteiger partial charge is 0.326 e. The van der Waals surface area contributed by atoms with Crippen LogP contribution in [0, 0.1) is 0 Å². The topological polar surface area (TPSA) is 66.5 Å². The molecule has 6 heteroatoms. The number of nitrogens with one attached hydrogen (secondary N) is 1. The van der Waals surface area contributed by atoms with Gasteiger partial charge < -0.3 is 5.32 Å². The summed E-state index contributed by atoms with van der Waals surface area (Å²) in [5, 5.41) is 2.94. The molecule has 1 fully saturated rings. The number of amides is 1. The molecule has 3 rings (SSSR count). The van der Waals surface area contributed by atoms with E-state index < -0.39 is 10.0 Å². The summed E-state index contributed by atoms with van der Waals surface area (Å²) in [6.07, 6.45) is 4.56. The highest BCUT2D eigenvalue weighted by molar-refractivity contribution is 7.89. The smallest absolute Gasteiger partial charge is 0.243 e. The fourth-order valence-electron chi connectivity index (χ4n) is 3.62. The lowest BCUT2D eigenvalue weighted by atomic mass is 9.93.